The number of aromatic nitrogens is 1. The van der Waals surface area contributed by atoms with E-state index in [1.807, 2.05) is 39.2 Å². The van der Waals surface area contributed by atoms with Crippen LogP contribution in [0, 0.1) is 6.92 Å². The fourth-order valence-corrected chi connectivity index (χ4v) is 3.74. The van der Waals surface area contributed by atoms with Gasteiger partial charge in [-0.25, -0.2) is 0 Å². The third-order valence-electron chi connectivity index (χ3n) is 4.55. The van der Waals surface area contributed by atoms with Crippen LogP contribution in [0.4, 0.5) is 5.69 Å². The van der Waals surface area contributed by atoms with Gasteiger partial charge in [0.05, 0.1) is 5.03 Å². The number of aryl methyl sites for hydroxylation is 2. The molecule has 0 aliphatic heterocycles. The van der Waals surface area contributed by atoms with E-state index in [9.17, 15) is 4.79 Å². The number of thioether (sulfide) groups is 1. The number of nitrogens with one attached hydrogen (secondary N) is 2. The van der Waals surface area contributed by atoms with Crippen molar-refractivity contribution < 1.29 is 9.53 Å². The van der Waals surface area contributed by atoms with E-state index in [1.165, 1.54) is 18.4 Å². The van der Waals surface area contributed by atoms with Gasteiger partial charge in [-0.3, -0.25) is 9.78 Å². The Bertz CT molecular complexity index is 1040. The van der Waals surface area contributed by atoms with Crippen LogP contribution in [0.3, 0.4) is 0 Å². The molecule has 1 aromatic heterocycles. The molecular weight excluding hydrogens is 430 g/mol. The Morgan fingerprint density at radius 1 is 1.09 bits per heavy atom. The Hall–Kier alpha value is -3.09. The van der Waals surface area contributed by atoms with Crippen LogP contribution in [0.15, 0.2) is 77.3 Å². The van der Waals surface area contributed by atoms with Crippen LogP contribution in [0.5, 0.6) is 11.5 Å². The van der Waals surface area contributed by atoms with Gasteiger partial charge in [0, 0.05) is 22.8 Å². The van der Waals surface area contributed by atoms with E-state index in [4.69, 9.17) is 4.74 Å². The first-order valence-electron chi connectivity index (χ1n) is 11.0. The summed E-state index contributed by atoms with van der Waals surface area (Å²) in [5.41, 5.74) is 3.83. The van der Waals surface area contributed by atoms with Gasteiger partial charge >= 0.3 is 0 Å². The second-order valence-corrected chi connectivity index (χ2v) is 8.65. The van der Waals surface area contributed by atoms with Gasteiger partial charge in [-0.2, -0.15) is 0 Å². The molecule has 0 amide bonds. The molecule has 2 N–H and O–H groups in total. The van der Waals surface area contributed by atoms with Gasteiger partial charge in [-0.1, -0.05) is 43.8 Å². The molecule has 174 valence electrons. The Balaban J connectivity index is 0.00000122. The second kappa shape index (κ2) is 14.1. The van der Waals surface area contributed by atoms with Gasteiger partial charge in [0.2, 0.25) is 0 Å². The number of aldehydes is 1. The highest BCUT2D eigenvalue weighted by Gasteiger charge is 2.06. The van der Waals surface area contributed by atoms with Crippen LogP contribution in [-0.2, 0) is 6.42 Å². The highest BCUT2D eigenvalue weighted by Crippen LogP contribution is 2.32. The molecule has 2 aromatic carbocycles. The van der Waals surface area contributed by atoms with Crippen LogP contribution in [-0.4, -0.2) is 25.4 Å². The fourth-order valence-electron chi connectivity index (χ4n) is 2.95. The molecule has 5 nitrogen and oxygen atoms in total. The summed E-state index contributed by atoms with van der Waals surface area (Å²) in [5.74, 6) is 1.29. The van der Waals surface area contributed by atoms with Gasteiger partial charge in [0.1, 0.15) is 17.2 Å². The van der Waals surface area contributed by atoms with Crippen molar-refractivity contribution in [1.82, 2.24) is 10.3 Å². The highest BCUT2D eigenvalue weighted by atomic mass is 32.2. The summed E-state index contributed by atoms with van der Waals surface area (Å²) in [6.45, 7) is 8.39. The zero-order valence-corrected chi connectivity index (χ0v) is 20.7. The van der Waals surface area contributed by atoms with Crippen LogP contribution in [0.25, 0.3) is 0 Å². The number of nitrogens with zero attached hydrogens (tertiary/aromatic N) is 1. The molecule has 1 heterocycles. The topological polar surface area (TPSA) is 63.2 Å². The first kappa shape index (κ1) is 26.2. The van der Waals surface area contributed by atoms with E-state index >= 15 is 0 Å². The van der Waals surface area contributed by atoms with E-state index < -0.39 is 0 Å². The molecule has 0 aliphatic rings. The summed E-state index contributed by atoms with van der Waals surface area (Å²) < 4.78 is 5.85. The summed E-state index contributed by atoms with van der Waals surface area (Å²) in [4.78, 5) is 15.9. The molecule has 0 unspecified atom stereocenters. The molecule has 0 saturated heterocycles. The Kier molecular flexibility index (Phi) is 11.2. The van der Waals surface area contributed by atoms with Crippen molar-refractivity contribution in [2.24, 2.45) is 0 Å². The van der Waals surface area contributed by atoms with Crippen LogP contribution >= 0.6 is 11.8 Å². The summed E-state index contributed by atoms with van der Waals surface area (Å²) in [7, 11) is 3.75. The monoisotopic (exact) mass is 463 g/mol. The highest BCUT2D eigenvalue weighted by molar-refractivity contribution is 8.03. The van der Waals surface area contributed by atoms with Crippen molar-refractivity contribution in [3.05, 3.63) is 89.2 Å². The molecule has 0 aliphatic carbocycles. The SMILES string of the molecule is C=C(Nc1ccc(CCCC)cc1)Sc1ccc(Oc2ccnc(C=O)c2)cc1C.CNC. The van der Waals surface area contributed by atoms with Crippen LogP contribution in [0.1, 0.15) is 41.4 Å². The molecule has 0 saturated carbocycles. The first-order valence-corrected chi connectivity index (χ1v) is 11.8. The first-order chi connectivity index (χ1) is 16.0. The lowest BCUT2D eigenvalue weighted by Gasteiger charge is -2.13. The largest absolute Gasteiger partial charge is 0.457 e. The number of carbonyl (C=O) groups excluding carboxylic acids is 1. The van der Waals surface area contributed by atoms with Crippen molar-refractivity contribution in [1.29, 1.82) is 0 Å². The lowest BCUT2D eigenvalue weighted by Crippen LogP contribution is -1.96. The number of rotatable bonds is 10. The van der Waals surface area contributed by atoms with Crippen molar-refractivity contribution in [2.75, 3.05) is 19.4 Å². The zero-order chi connectivity index (χ0) is 24.1. The van der Waals surface area contributed by atoms with E-state index in [0.29, 0.717) is 23.5 Å². The van der Waals surface area contributed by atoms with E-state index in [0.717, 1.165) is 27.6 Å². The van der Waals surface area contributed by atoms with Gasteiger partial charge < -0.3 is 15.4 Å². The lowest BCUT2D eigenvalue weighted by atomic mass is 10.1. The van der Waals surface area contributed by atoms with Gasteiger partial charge in [-0.15, -0.1) is 0 Å². The minimum absolute atomic E-state index is 0.345. The Morgan fingerprint density at radius 3 is 2.42 bits per heavy atom. The zero-order valence-electron chi connectivity index (χ0n) is 19.9. The van der Waals surface area contributed by atoms with Crippen molar-refractivity contribution >= 4 is 23.7 Å². The predicted octanol–water partition coefficient (Wildman–Crippen LogP) is 6.85. The number of carbonyl (C=O) groups is 1. The van der Waals surface area contributed by atoms with E-state index in [-0.39, 0.29) is 0 Å². The van der Waals surface area contributed by atoms with Crippen LogP contribution < -0.4 is 15.4 Å². The maximum Gasteiger partial charge on any atom is 0.168 e. The minimum Gasteiger partial charge on any atom is -0.457 e. The summed E-state index contributed by atoms with van der Waals surface area (Å²) in [5, 5.41) is 6.97. The molecule has 6 heteroatoms. The summed E-state index contributed by atoms with van der Waals surface area (Å²) >= 11 is 1.59. The van der Waals surface area contributed by atoms with Gasteiger partial charge in [0.15, 0.2) is 6.29 Å². The van der Waals surface area contributed by atoms with Gasteiger partial charge in [-0.05, 0) is 81.4 Å². The normalized spacial score (nSPS) is 10.1. The maximum absolute atomic E-state index is 10.9. The van der Waals surface area contributed by atoms with Crippen molar-refractivity contribution in [3.63, 3.8) is 0 Å². The fraction of sp³-hybridized carbons (Fsp3) is 0.259. The molecule has 0 fully saturated rings. The number of ether oxygens (including phenoxy) is 1. The number of hydrogen-bond acceptors (Lipinski definition) is 6. The van der Waals surface area contributed by atoms with Crippen LogP contribution in [0.2, 0.25) is 0 Å². The molecule has 0 bridgehead atoms. The predicted molar refractivity (Wildman–Crippen MR) is 140 cm³/mol. The number of anilines is 1. The third-order valence-corrected chi connectivity index (χ3v) is 5.57. The minimum atomic E-state index is 0.345. The third kappa shape index (κ3) is 9.12. The average molecular weight is 464 g/mol. The standard InChI is InChI=1S/C25H26N2O2S.C2H7N/c1-4-5-6-20-7-9-21(10-8-20)27-19(3)30-25-12-11-23(15-18(25)2)29-24-13-14-26-22(16-24)17-28;1-3-2/h7-17,27H,3-6H2,1-2H3;3H,1-2H3. The second-order valence-electron chi connectivity index (χ2n) is 7.51. The molecule has 33 heavy (non-hydrogen) atoms. The number of benzene rings is 2. The summed E-state index contributed by atoms with van der Waals surface area (Å²) in [6.07, 6.45) is 5.81. The Morgan fingerprint density at radius 2 is 1.79 bits per heavy atom. The molecule has 0 radical (unpaired) electrons. The smallest absolute Gasteiger partial charge is 0.168 e. The molecule has 0 spiro atoms. The van der Waals surface area contributed by atoms with E-state index in [1.54, 1.807) is 30.1 Å². The van der Waals surface area contributed by atoms with Gasteiger partial charge in [0.25, 0.3) is 0 Å². The Labute approximate surface area is 201 Å². The number of hydrogen-bond donors (Lipinski definition) is 2. The van der Waals surface area contributed by atoms with Crippen molar-refractivity contribution in [3.8, 4) is 11.5 Å². The average Bonchev–Trinajstić information content (AvgIpc) is 2.81. The number of pyridine rings is 1. The molecule has 3 aromatic rings. The maximum atomic E-state index is 10.9. The molecular formula is C27H33N3O2S. The summed E-state index contributed by atoms with van der Waals surface area (Å²) in [6, 6.07) is 17.8. The quantitative estimate of drug-likeness (QED) is 0.253. The van der Waals surface area contributed by atoms with Crippen molar-refractivity contribution in [2.45, 2.75) is 38.0 Å². The van der Waals surface area contributed by atoms with E-state index in [2.05, 4.69) is 53.4 Å². The lowest BCUT2D eigenvalue weighted by molar-refractivity contribution is 0.111. The molecule has 3 rings (SSSR count). The molecule has 0 atom stereocenters. The number of unbranched alkanes of at least 4 members (excludes halogenated alkanes) is 1.